The van der Waals surface area contributed by atoms with Gasteiger partial charge in [-0.15, -0.1) is 6.58 Å². The number of Topliss-reactive ketones (excluding diaryl/α,β-unsaturated/α-hetero) is 1. The first kappa shape index (κ1) is 21.5. The van der Waals surface area contributed by atoms with Gasteiger partial charge >= 0.3 is 0 Å². The molecule has 0 saturated carbocycles. The summed E-state index contributed by atoms with van der Waals surface area (Å²) in [6, 6.07) is 3.12. The molecule has 3 unspecified atom stereocenters. The largest absolute Gasteiger partial charge is 0.504 e. The molecule has 1 fully saturated rings. The van der Waals surface area contributed by atoms with Gasteiger partial charge in [0.2, 0.25) is 0 Å². The number of hydrogen-bond donors (Lipinski definition) is 3. The van der Waals surface area contributed by atoms with Gasteiger partial charge in [-0.2, -0.15) is 0 Å². The summed E-state index contributed by atoms with van der Waals surface area (Å²) >= 11 is 0. The molecule has 0 aromatic heterocycles. The third kappa shape index (κ3) is 3.27. The summed E-state index contributed by atoms with van der Waals surface area (Å²) in [7, 11) is 0. The molecule has 5 heteroatoms. The predicted octanol–water partition coefficient (Wildman–Crippen LogP) is 3.30. The van der Waals surface area contributed by atoms with Crippen LogP contribution in [-0.4, -0.2) is 50.7 Å². The Morgan fingerprint density at radius 1 is 1.37 bits per heavy atom. The second-order valence-corrected chi connectivity index (χ2v) is 7.52. The van der Waals surface area contributed by atoms with Gasteiger partial charge in [-0.3, -0.25) is 9.69 Å². The number of nitrogens with zero attached hydrogens (tertiary/aromatic N) is 1. The molecule has 27 heavy (non-hydrogen) atoms. The first-order chi connectivity index (χ1) is 12.8. The average Bonchev–Trinajstić information content (AvgIpc) is 2.64. The maximum atomic E-state index is 12.4. The summed E-state index contributed by atoms with van der Waals surface area (Å²) < 4.78 is 0. The minimum absolute atomic E-state index is 0.0480. The van der Waals surface area contributed by atoms with E-state index in [1.165, 1.54) is 6.07 Å². The van der Waals surface area contributed by atoms with Crippen molar-refractivity contribution in [3.63, 3.8) is 0 Å². The third-order valence-electron chi connectivity index (χ3n) is 6.28. The SMILES string of the molecule is C=CCN1CCC2(CC(=O)CC)c3c(ccc(O)c3O)CC1C2(C)O.CC. The van der Waals surface area contributed by atoms with Crippen LogP contribution in [0.25, 0.3) is 0 Å². The van der Waals surface area contributed by atoms with Crippen LogP contribution in [0.5, 0.6) is 11.5 Å². The Balaban J connectivity index is 0.00000126. The number of aliphatic hydroxyl groups is 1. The first-order valence-electron chi connectivity index (χ1n) is 9.91. The normalized spacial score (nSPS) is 29.3. The minimum Gasteiger partial charge on any atom is -0.504 e. The average molecular weight is 376 g/mol. The van der Waals surface area contributed by atoms with Gasteiger partial charge in [0.05, 0.1) is 5.60 Å². The number of piperidine rings is 1. The Hall–Kier alpha value is -1.85. The molecule has 0 radical (unpaired) electrons. The van der Waals surface area contributed by atoms with Gasteiger partial charge in [0.15, 0.2) is 11.5 Å². The zero-order chi connectivity index (χ0) is 20.4. The lowest BCUT2D eigenvalue weighted by molar-refractivity contribution is -0.146. The van der Waals surface area contributed by atoms with E-state index in [0.29, 0.717) is 37.9 Å². The third-order valence-corrected chi connectivity index (χ3v) is 6.28. The van der Waals surface area contributed by atoms with Gasteiger partial charge in [-0.1, -0.05) is 32.9 Å². The molecule has 0 spiro atoms. The molecule has 150 valence electrons. The molecular weight excluding hydrogens is 342 g/mol. The number of ketones is 1. The smallest absolute Gasteiger partial charge is 0.161 e. The molecule has 3 rings (SSSR count). The molecule has 1 aromatic carbocycles. The van der Waals surface area contributed by atoms with Gasteiger partial charge in [-0.05, 0) is 37.9 Å². The maximum Gasteiger partial charge on any atom is 0.161 e. The van der Waals surface area contributed by atoms with Crippen LogP contribution >= 0.6 is 0 Å². The highest BCUT2D eigenvalue weighted by atomic mass is 16.3. The molecule has 3 atom stereocenters. The number of phenols is 2. The maximum absolute atomic E-state index is 12.4. The van der Waals surface area contributed by atoms with Crippen molar-refractivity contribution in [2.45, 2.75) is 70.4 Å². The molecule has 1 heterocycles. The Kier molecular flexibility index (Phi) is 6.38. The van der Waals surface area contributed by atoms with Crippen molar-refractivity contribution in [1.82, 2.24) is 4.90 Å². The lowest BCUT2D eigenvalue weighted by atomic mass is 9.53. The first-order valence-corrected chi connectivity index (χ1v) is 9.91. The van der Waals surface area contributed by atoms with Crippen molar-refractivity contribution in [3.05, 3.63) is 35.9 Å². The molecule has 2 bridgehead atoms. The number of fused-ring (bicyclic) bond motifs is 4. The molecular formula is C22H33NO4. The fourth-order valence-electron chi connectivity index (χ4n) is 4.86. The fraction of sp³-hybridized carbons (Fsp3) is 0.591. The van der Waals surface area contributed by atoms with Gasteiger partial charge in [-0.25, -0.2) is 0 Å². The van der Waals surface area contributed by atoms with Crippen LogP contribution in [0.4, 0.5) is 0 Å². The van der Waals surface area contributed by atoms with Crippen LogP contribution < -0.4 is 0 Å². The van der Waals surface area contributed by atoms with E-state index in [1.807, 2.05) is 26.8 Å². The van der Waals surface area contributed by atoms with E-state index in [4.69, 9.17) is 0 Å². The summed E-state index contributed by atoms with van der Waals surface area (Å²) in [5.74, 6) is -0.353. The summed E-state index contributed by atoms with van der Waals surface area (Å²) in [5.41, 5.74) is -0.644. The number of aromatic hydroxyl groups is 2. The second-order valence-electron chi connectivity index (χ2n) is 7.52. The highest BCUT2D eigenvalue weighted by Crippen LogP contribution is 2.57. The van der Waals surface area contributed by atoms with E-state index in [0.717, 1.165) is 5.56 Å². The summed E-state index contributed by atoms with van der Waals surface area (Å²) in [6.45, 7) is 12.8. The Bertz CT molecular complexity index is 713. The molecule has 1 aliphatic carbocycles. The van der Waals surface area contributed by atoms with Crippen LogP contribution in [0.2, 0.25) is 0 Å². The molecule has 3 N–H and O–H groups in total. The monoisotopic (exact) mass is 375 g/mol. The standard InChI is InChI=1S/C20H27NO4.C2H6/c1-4-9-21-10-8-20(12-14(22)5-2)17-13(6-7-15(23)18(17)24)11-16(21)19(20,3)25;1-2/h4,6-7,16,23-25H,1,5,8-12H2,2-3H3;1-2H3. The van der Waals surface area contributed by atoms with Crippen molar-refractivity contribution in [3.8, 4) is 11.5 Å². The Morgan fingerprint density at radius 3 is 2.63 bits per heavy atom. The number of rotatable bonds is 5. The molecule has 1 saturated heterocycles. The van der Waals surface area contributed by atoms with Crippen molar-refractivity contribution in [2.75, 3.05) is 13.1 Å². The van der Waals surface area contributed by atoms with E-state index in [2.05, 4.69) is 11.5 Å². The van der Waals surface area contributed by atoms with Crippen LogP contribution in [-0.2, 0) is 16.6 Å². The number of carbonyl (C=O) groups is 1. The van der Waals surface area contributed by atoms with Gasteiger partial charge < -0.3 is 15.3 Å². The van der Waals surface area contributed by atoms with Crippen LogP contribution in [0.1, 0.15) is 58.1 Å². The topological polar surface area (TPSA) is 81.0 Å². The zero-order valence-corrected chi connectivity index (χ0v) is 17.0. The van der Waals surface area contributed by atoms with E-state index in [1.54, 1.807) is 13.0 Å². The Morgan fingerprint density at radius 2 is 2.04 bits per heavy atom. The second kappa shape index (κ2) is 8.03. The van der Waals surface area contributed by atoms with Crippen molar-refractivity contribution < 1.29 is 20.1 Å². The van der Waals surface area contributed by atoms with E-state index in [9.17, 15) is 20.1 Å². The van der Waals surface area contributed by atoms with E-state index in [-0.39, 0.29) is 29.7 Å². The van der Waals surface area contributed by atoms with Crippen molar-refractivity contribution in [1.29, 1.82) is 0 Å². The van der Waals surface area contributed by atoms with Gasteiger partial charge in [0.1, 0.15) is 5.78 Å². The molecule has 2 aliphatic rings. The lowest BCUT2D eigenvalue weighted by Crippen LogP contribution is -2.70. The van der Waals surface area contributed by atoms with Crippen molar-refractivity contribution in [2.24, 2.45) is 0 Å². The van der Waals surface area contributed by atoms with Gasteiger partial charge in [0, 0.05) is 36.4 Å². The lowest BCUT2D eigenvalue weighted by Gasteiger charge is -2.60. The van der Waals surface area contributed by atoms with Crippen LogP contribution in [0, 0.1) is 0 Å². The number of benzene rings is 1. The Labute approximate surface area is 162 Å². The minimum atomic E-state index is -1.20. The van der Waals surface area contributed by atoms with Crippen LogP contribution in [0.3, 0.4) is 0 Å². The summed E-state index contributed by atoms with van der Waals surface area (Å²) in [4.78, 5) is 14.6. The number of carbonyl (C=O) groups excluding carboxylic acids is 1. The summed E-state index contributed by atoms with van der Waals surface area (Å²) in [5, 5.41) is 32.2. The van der Waals surface area contributed by atoms with E-state index < -0.39 is 11.0 Å². The summed E-state index contributed by atoms with van der Waals surface area (Å²) in [6.07, 6.45) is 3.48. The molecule has 1 aromatic rings. The predicted molar refractivity (Wildman–Crippen MR) is 107 cm³/mol. The number of hydrogen-bond acceptors (Lipinski definition) is 5. The van der Waals surface area contributed by atoms with Gasteiger partial charge in [0.25, 0.3) is 0 Å². The van der Waals surface area contributed by atoms with Crippen LogP contribution in [0.15, 0.2) is 24.8 Å². The zero-order valence-electron chi connectivity index (χ0n) is 17.0. The quantitative estimate of drug-likeness (QED) is 0.543. The number of likely N-dealkylation sites (tertiary alicyclic amines) is 1. The highest BCUT2D eigenvalue weighted by molar-refractivity contribution is 5.81. The van der Waals surface area contributed by atoms with Crippen molar-refractivity contribution >= 4 is 5.78 Å². The van der Waals surface area contributed by atoms with E-state index >= 15 is 0 Å². The number of phenolic OH excluding ortho intramolecular Hbond substituents is 2. The molecule has 0 amide bonds. The highest BCUT2D eigenvalue weighted by Gasteiger charge is 2.61. The molecule has 5 nitrogen and oxygen atoms in total. The fourth-order valence-corrected chi connectivity index (χ4v) is 4.86. The molecule has 1 aliphatic heterocycles.